The van der Waals surface area contributed by atoms with E-state index in [1.54, 1.807) is 0 Å². The maximum atomic E-state index is 5.04. The lowest BCUT2D eigenvalue weighted by Gasteiger charge is -2.05. The molecule has 1 N–H and O–H groups in total. The van der Waals surface area contributed by atoms with Crippen LogP contribution in [0.25, 0.3) is 10.9 Å². The smallest absolute Gasteiger partial charge is 0.197 e. The third-order valence-electron chi connectivity index (χ3n) is 2.53. The molecule has 0 spiro atoms. The van der Waals surface area contributed by atoms with Crippen molar-refractivity contribution in [3.63, 3.8) is 0 Å². The highest BCUT2D eigenvalue weighted by Crippen LogP contribution is 2.19. The summed E-state index contributed by atoms with van der Waals surface area (Å²) in [4.78, 5) is 7.36. The van der Waals surface area contributed by atoms with Gasteiger partial charge in [0.2, 0.25) is 0 Å². The Labute approximate surface area is 88.0 Å². The van der Waals surface area contributed by atoms with Gasteiger partial charge in [0.25, 0.3) is 0 Å². The molecule has 0 radical (unpaired) electrons. The molecule has 0 amide bonds. The Morgan fingerprint density at radius 3 is 2.50 bits per heavy atom. The Morgan fingerprint density at radius 2 is 1.79 bits per heavy atom. The Kier molecular flexibility index (Phi) is 2.11. The van der Waals surface area contributed by atoms with Crippen LogP contribution < -0.4 is 0 Å². The minimum absolute atomic E-state index is 0.554. The van der Waals surface area contributed by atoms with E-state index in [9.17, 15) is 0 Å². The third-order valence-corrected chi connectivity index (χ3v) is 2.73. The van der Waals surface area contributed by atoms with Gasteiger partial charge in [0.05, 0.1) is 5.52 Å². The SMILES string of the molecule is Cc1cc2nc(=S)[nH]c(C)c2cc1C. The standard InChI is InChI=1S/C11H12N2S/c1-6-4-9-8(3)12-11(14)13-10(9)5-7(6)2/h4-5H,1-3H3,(H,12,13,14). The molecule has 3 heteroatoms. The zero-order valence-corrected chi connectivity index (χ0v) is 9.33. The summed E-state index contributed by atoms with van der Waals surface area (Å²) in [5.41, 5.74) is 4.61. The molecule has 0 atom stereocenters. The quantitative estimate of drug-likeness (QED) is 0.667. The number of nitrogens with one attached hydrogen (secondary N) is 1. The van der Waals surface area contributed by atoms with E-state index in [-0.39, 0.29) is 0 Å². The minimum atomic E-state index is 0.554. The van der Waals surface area contributed by atoms with Crippen LogP contribution in [0, 0.1) is 25.5 Å². The molecule has 0 aliphatic rings. The van der Waals surface area contributed by atoms with Gasteiger partial charge in [-0.1, -0.05) is 0 Å². The van der Waals surface area contributed by atoms with Gasteiger partial charge in [-0.25, -0.2) is 4.98 Å². The molecular formula is C11H12N2S. The fourth-order valence-electron chi connectivity index (χ4n) is 1.56. The average Bonchev–Trinajstić information content (AvgIpc) is 2.08. The maximum Gasteiger partial charge on any atom is 0.197 e. The van der Waals surface area contributed by atoms with Crippen molar-refractivity contribution in [3.8, 4) is 0 Å². The molecule has 0 aliphatic heterocycles. The van der Waals surface area contributed by atoms with Crippen LogP contribution >= 0.6 is 12.2 Å². The van der Waals surface area contributed by atoms with Gasteiger partial charge in [-0.3, -0.25) is 0 Å². The van der Waals surface area contributed by atoms with Crippen molar-refractivity contribution in [1.29, 1.82) is 0 Å². The number of rotatable bonds is 0. The zero-order chi connectivity index (χ0) is 10.3. The molecule has 2 aromatic rings. The molecular weight excluding hydrogens is 192 g/mol. The number of nitrogens with zero attached hydrogens (tertiary/aromatic N) is 1. The first-order chi connectivity index (χ1) is 6.58. The lowest BCUT2D eigenvalue weighted by molar-refractivity contribution is 1.12. The molecule has 0 saturated carbocycles. The zero-order valence-electron chi connectivity index (χ0n) is 8.51. The largest absolute Gasteiger partial charge is 0.334 e. The van der Waals surface area contributed by atoms with Gasteiger partial charge in [-0.2, -0.15) is 0 Å². The summed E-state index contributed by atoms with van der Waals surface area (Å²) in [6.45, 7) is 6.22. The van der Waals surface area contributed by atoms with E-state index in [4.69, 9.17) is 12.2 Å². The summed E-state index contributed by atoms with van der Waals surface area (Å²) < 4.78 is 0.554. The number of fused-ring (bicyclic) bond motifs is 1. The van der Waals surface area contributed by atoms with Crippen molar-refractivity contribution in [1.82, 2.24) is 9.97 Å². The molecule has 0 saturated heterocycles. The number of aromatic nitrogens is 2. The van der Waals surface area contributed by atoms with Crippen LogP contribution in [0.4, 0.5) is 0 Å². The van der Waals surface area contributed by atoms with E-state index in [0.717, 1.165) is 16.6 Å². The highest BCUT2D eigenvalue weighted by Gasteiger charge is 2.01. The fourth-order valence-corrected chi connectivity index (χ4v) is 1.81. The number of aromatic amines is 1. The number of H-pyrrole nitrogens is 1. The van der Waals surface area contributed by atoms with Crippen molar-refractivity contribution >= 4 is 23.1 Å². The molecule has 14 heavy (non-hydrogen) atoms. The first-order valence-corrected chi connectivity index (χ1v) is 4.96. The lowest BCUT2D eigenvalue weighted by atomic mass is 10.1. The molecule has 1 heterocycles. The number of hydrogen-bond donors (Lipinski definition) is 1. The second-order valence-electron chi connectivity index (χ2n) is 3.62. The lowest BCUT2D eigenvalue weighted by Crippen LogP contribution is -1.91. The van der Waals surface area contributed by atoms with Crippen LogP contribution in [0.3, 0.4) is 0 Å². The molecule has 0 aliphatic carbocycles. The molecule has 1 aromatic carbocycles. The predicted molar refractivity (Wildman–Crippen MR) is 61.1 cm³/mol. The van der Waals surface area contributed by atoms with Gasteiger partial charge in [0.15, 0.2) is 4.77 Å². The van der Waals surface area contributed by atoms with Gasteiger partial charge in [0.1, 0.15) is 0 Å². The first kappa shape index (κ1) is 9.34. The summed E-state index contributed by atoms with van der Waals surface area (Å²) in [5.74, 6) is 0. The van der Waals surface area contributed by atoms with Crippen molar-refractivity contribution < 1.29 is 0 Å². The minimum Gasteiger partial charge on any atom is -0.334 e. The van der Waals surface area contributed by atoms with Gasteiger partial charge >= 0.3 is 0 Å². The normalized spacial score (nSPS) is 10.8. The average molecular weight is 204 g/mol. The summed E-state index contributed by atoms with van der Waals surface area (Å²) >= 11 is 5.04. The van der Waals surface area contributed by atoms with Crippen molar-refractivity contribution in [2.75, 3.05) is 0 Å². The van der Waals surface area contributed by atoms with Gasteiger partial charge in [0, 0.05) is 11.1 Å². The number of hydrogen-bond acceptors (Lipinski definition) is 2. The van der Waals surface area contributed by atoms with E-state index in [2.05, 4.69) is 35.9 Å². The monoisotopic (exact) mass is 204 g/mol. The van der Waals surface area contributed by atoms with E-state index in [1.165, 1.54) is 11.1 Å². The van der Waals surface area contributed by atoms with Gasteiger partial charge < -0.3 is 4.98 Å². The fraction of sp³-hybridized carbons (Fsp3) is 0.273. The molecule has 2 nitrogen and oxygen atoms in total. The molecule has 0 bridgehead atoms. The third kappa shape index (κ3) is 1.44. The Hall–Kier alpha value is -1.22. The van der Waals surface area contributed by atoms with E-state index in [0.29, 0.717) is 4.77 Å². The van der Waals surface area contributed by atoms with Gasteiger partial charge in [-0.15, -0.1) is 0 Å². The molecule has 72 valence electrons. The summed E-state index contributed by atoms with van der Waals surface area (Å²) in [5, 5.41) is 1.15. The summed E-state index contributed by atoms with van der Waals surface area (Å²) in [6.07, 6.45) is 0. The second-order valence-corrected chi connectivity index (χ2v) is 4.01. The highest BCUT2D eigenvalue weighted by molar-refractivity contribution is 7.71. The van der Waals surface area contributed by atoms with Crippen LogP contribution in [0.2, 0.25) is 0 Å². The van der Waals surface area contributed by atoms with E-state index >= 15 is 0 Å². The van der Waals surface area contributed by atoms with E-state index < -0.39 is 0 Å². The molecule has 0 unspecified atom stereocenters. The second kappa shape index (κ2) is 3.17. The number of benzene rings is 1. The van der Waals surface area contributed by atoms with Crippen LogP contribution in [-0.4, -0.2) is 9.97 Å². The van der Waals surface area contributed by atoms with Crippen molar-refractivity contribution in [2.45, 2.75) is 20.8 Å². The molecule has 1 aromatic heterocycles. The van der Waals surface area contributed by atoms with Gasteiger partial charge in [-0.05, 0) is 56.2 Å². The summed E-state index contributed by atoms with van der Waals surface area (Å²) in [6, 6.07) is 4.24. The van der Waals surface area contributed by atoms with Crippen LogP contribution in [0.15, 0.2) is 12.1 Å². The first-order valence-electron chi connectivity index (χ1n) is 4.56. The Balaban J connectivity index is 2.96. The summed E-state index contributed by atoms with van der Waals surface area (Å²) in [7, 11) is 0. The highest BCUT2D eigenvalue weighted by atomic mass is 32.1. The van der Waals surface area contributed by atoms with Crippen LogP contribution in [0.1, 0.15) is 16.8 Å². The predicted octanol–water partition coefficient (Wildman–Crippen LogP) is 3.22. The van der Waals surface area contributed by atoms with Crippen molar-refractivity contribution in [3.05, 3.63) is 33.7 Å². The van der Waals surface area contributed by atoms with E-state index in [1.807, 2.05) is 6.92 Å². The maximum absolute atomic E-state index is 5.04. The number of aryl methyl sites for hydroxylation is 3. The van der Waals surface area contributed by atoms with Crippen molar-refractivity contribution in [2.24, 2.45) is 0 Å². The van der Waals surface area contributed by atoms with Crippen LogP contribution in [-0.2, 0) is 0 Å². The Bertz CT molecular complexity index is 555. The van der Waals surface area contributed by atoms with Crippen LogP contribution in [0.5, 0.6) is 0 Å². The molecule has 0 fully saturated rings. The topological polar surface area (TPSA) is 28.7 Å². The Morgan fingerprint density at radius 1 is 1.14 bits per heavy atom. The molecule has 2 rings (SSSR count).